The summed E-state index contributed by atoms with van der Waals surface area (Å²) in [6.45, 7) is 5.22. The van der Waals surface area contributed by atoms with Gasteiger partial charge in [0.05, 0.1) is 25.3 Å². The topological polar surface area (TPSA) is 270 Å². The molecule has 8 atom stereocenters. The number of benzene rings is 2. The number of fused-ring (bicyclic) bond motifs is 5. The van der Waals surface area contributed by atoms with Crippen molar-refractivity contribution in [2.45, 2.75) is 107 Å². The number of anilines is 2. The third-order valence-electron chi connectivity index (χ3n) is 11.9. The van der Waals surface area contributed by atoms with Crippen LogP contribution in [0.4, 0.5) is 21.0 Å². The molecule has 5 rings (SSSR count). The fraction of sp³-hybridized carbons (Fsp3) is 0.489. The first-order valence-electron chi connectivity index (χ1n) is 21.2. The number of urea groups is 1. The Hall–Kier alpha value is -6.22. The summed E-state index contributed by atoms with van der Waals surface area (Å²) < 4.78 is 29.0. The lowest BCUT2D eigenvalue weighted by Crippen LogP contribution is -2.62. The molecule has 3 heterocycles. The van der Waals surface area contributed by atoms with E-state index in [-0.39, 0.29) is 36.4 Å². The fourth-order valence-electron chi connectivity index (χ4n) is 7.84. The second-order valence-electron chi connectivity index (χ2n) is 16.7. The molecule has 0 aromatic heterocycles. The Labute approximate surface area is 387 Å². The lowest BCUT2D eigenvalue weighted by Gasteiger charge is -2.40. The second-order valence-corrected chi connectivity index (χ2v) is 17.1. The SMILES string of the molecule is COc1cc2cc(c1Cl)N(C)C(=O)C[C@H](OC(=O)[C@H](C)N(C)C(=O)c1ccc(NC(=O)[C@H](CCCNC(N)=O)NC=O)cc1)[C@]1(C)O[C@H]1C[C@@H]1C[C@@](O)(NC(=O)O1)[C@H](OC)/C=C/C=C(\C)C2. The van der Waals surface area contributed by atoms with E-state index in [1.807, 2.05) is 13.0 Å². The Balaban J connectivity index is 1.37. The van der Waals surface area contributed by atoms with Gasteiger partial charge in [-0.25, -0.2) is 14.4 Å². The van der Waals surface area contributed by atoms with Gasteiger partial charge >= 0.3 is 18.1 Å². The summed E-state index contributed by atoms with van der Waals surface area (Å²) in [5, 5.41) is 21.9. The third-order valence-corrected chi connectivity index (χ3v) is 12.3. The van der Waals surface area contributed by atoms with Gasteiger partial charge in [-0.05, 0) is 82.0 Å². The standard InChI is InChI=1S/C45H58ClN7O13/c1-25-10-8-12-34(63-7)45(61)23-30(64-43(60)51-45)21-36-44(3,66-36)35(22-37(55)53(5)32-19-27(18-25)20-33(62-6)38(32)46)65-41(58)26(2)52(4)40(57)28-13-15-29(16-14-28)50-39(56)31(49-24-54)11-9-17-48-42(47)59/h8,10,12-16,19-20,24,26,30-31,34-36,61H,9,11,17-18,21-23H2,1-7H3,(H,49,54)(H,50,56)(H,51,60)(H3,47,48,59)/b12-8+,25-10+/t26-,30+,31-,34+,35-,36-,44-,45-/m0/s1. The molecular weight excluding hydrogens is 882 g/mol. The molecule has 3 aliphatic heterocycles. The number of halogens is 1. The quantitative estimate of drug-likeness (QED) is 0.0689. The smallest absolute Gasteiger partial charge is 0.409 e. The summed E-state index contributed by atoms with van der Waals surface area (Å²) in [6.07, 6.45) is 1.41. The van der Waals surface area contributed by atoms with E-state index in [1.165, 1.54) is 64.4 Å². The molecule has 2 saturated heterocycles. The zero-order valence-electron chi connectivity index (χ0n) is 37.9. The van der Waals surface area contributed by atoms with Gasteiger partial charge in [0.2, 0.25) is 18.2 Å². The number of carbonyl (C=O) groups is 7. The van der Waals surface area contributed by atoms with Crippen molar-refractivity contribution in [2.24, 2.45) is 5.73 Å². The number of methoxy groups -OCH3 is 2. The van der Waals surface area contributed by atoms with E-state index in [0.29, 0.717) is 36.4 Å². The Morgan fingerprint density at radius 1 is 1.17 bits per heavy atom. The van der Waals surface area contributed by atoms with Crippen molar-refractivity contribution >= 4 is 65.2 Å². The number of aliphatic hydroxyl groups is 1. The molecule has 2 aromatic rings. The molecule has 0 unspecified atom stereocenters. The first-order chi connectivity index (χ1) is 31.2. The van der Waals surface area contributed by atoms with E-state index in [4.69, 9.17) is 41.0 Å². The number of amides is 7. The highest BCUT2D eigenvalue weighted by molar-refractivity contribution is 6.35. The summed E-state index contributed by atoms with van der Waals surface area (Å²) in [5.41, 5.74) is 4.39. The van der Waals surface area contributed by atoms with E-state index >= 15 is 0 Å². The van der Waals surface area contributed by atoms with Crippen molar-refractivity contribution in [3.63, 3.8) is 0 Å². The number of esters is 1. The number of allylic oxidation sites excluding steroid dienone is 3. The number of epoxide rings is 1. The van der Waals surface area contributed by atoms with Crippen molar-refractivity contribution in [3.8, 4) is 5.75 Å². The molecular formula is C45H58ClN7O13. The van der Waals surface area contributed by atoms with E-state index < -0.39 is 90.1 Å². The molecule has 4 bridgehead atoms. The largest absolute Gasteiger partial charge is 0.495 e. The van der Waals surface area contributed by atoms with Crippen LogP contribution in [0.3, 0.4) is 0 Å². The van der Waals surface area contributed by atoms with Gasteiger partial charge in [-0.3, -0.25) is 24.5 Å². The van der Waals surface area contributed by atoms with Gasteiger partial charge in [-0.1, -0.05) is 35.4 Å². The predicted octanol–water partition coefficient (Wildman–Crippen LogP) is 3.08. The number of hydrogen-bond acceptors (Lipinski definition) is 13. The van der Waals surface area contributed by atoms with Gasteiger partial charge in [0, 0.05) is 51.8 Å². The van der Waals surface area contributed by atoms with Crippen LogP contribution in [0.5, 0.6) is 5.75 Å². The van der Waals surface area contributed by atoms with E-state index in [0.717, 1.165) is 16.0 Å². The van der Waals surface area contributed by atoms with E-state index in [1.54, 1.807) is 31.2 Å². The summed E-state index contributed by atoms with van der Waals surface area (Å²) >= 11 is 6.78. The van der Waals surface area contributed by atoms with Crippen LogP contribution < -0.4 is 36.6 Å². The molecule has 0 saturated carbocycles. The van der Waals surface area contributed by atoms with Crippen LogP contribution in [0, 0.1) is 0 Å². The van der Waals surface area contributed by atoms with Gasteiger partial charge in [-0.2, -0.15) is 0 Å². The number of hydrogen-bond donors (Lipinski definition) is 6. The van der Waals surface area contributed by atoms with Gasteiger partial charge in [0.1, 0.15) is 46.8 Å². The highest BCUT2D eigenvalue weighted by Crippen LogP contribution is 2.47. The molecule has 7 amide bonds. The zero-order valence-corrected chi connectivity index (χ0v) is 38.6. The molecule has 7 N–H and O–H groups in total. The zero-order chi connectivity index (χ0) is 48.5. The lowest BCUT2D eigenvalue weighted by atomic mass is 9.90. The number of ether oxygens (including phenoxy) is 5. The highest BCUT2D eigenvalue weighted by Gasteiger charge is 2.61. The highest BCUT2D eigenvalue weighted by atomic mass is 35.5. The maximum atomic E-state index is 14.2. The summed E-state index contributed by atoms with van der Waals surface area (Å²) in [7, 11) is 5.80. The first-order valence-corrected chi connectivity index (χ1v) is 21.6. The van der Waals surface area contributed by atoms with E-state index in [2.05, 4.69) is 21.3 Å². The first kappa shape index (κ1) is 50.8. The molecule has 2 fully saturated rings. The number of nitrogens with two attached hydrogens (primary N) is 1. The van der Waals surface area contributed by atoms with Crippen molar-refractivity contribution in [2.75, 3.05) is 45.1 Å². The minimum atomic E-state index is -1.87. The number of alkyl carbamates (subject to hydrolysis) is 1. The molecule has 20 nitrogen and oxygen atoms in total. The maximum absolute atomic E-state index is 14.2. The Bertz CT molecular complexity index is 2220. The Kier molecular flexibility index (Phi) is 16.8. The summed E-state index contributed by atoms with van der Waals surface area (Å²) in [5.74, 6) is -2.13. The third kappa shape index (κ3) is 12.4. The molecule has 3 aliphatic rings. The van der Waals surface area contributed by atoms with Crippen LogP contribution in [0.1, 0.15) is 68.8 Å². The van der Waals surface area contributed by atoms with Gasteiger partial charge in [-0.15, -0.1) is 0 Å². The van der Waals surface area contributed by atoms with Crippen LogP contribution in [0.2, 0.25) is 5.02 Å². The molecule has 0 radical (unpaired) electrons. The second kappa shape index (κ2) is 21.8. The molecule has 2 aromatic carbocycles. The average Bonchev–Trinajstić information content (AvgIpc) is 3.93. The number of nitrogens with zero attached hydrogens (tertiary/aromatic N) is 2. The van der Waals surface area contributed by atoms with Crippen LogP contribution in [0.15, 0.2) is 60.2 Å². The molecule has 66 heavy (non-hydrogen) atoms. The van der Waals surface area contributed by atoms with Gasteiger partial charge in [0.15, 0.2) is 5.72 Å². The van der Waals surface area contributed by atoms with Crippen LogP contribution in [0.25, 0.3) is 0 Å². The number of carbonyl (C=O) groups excluding carboxylic acids is 7. The number of primary amides is 1. The van der Waals surface area contributed by atoms with Crippen LogP contribution in [-0.4, -0.2) is 135 Å². The van der Waals surface area contributed by atoms with Crippen molar-refractivity contribution in [3.05, 3.63) is 76.3 Å². The van der Waals surface area contributed by atoms with Crippen molar-refractivity contribution in [1.29, 1.82) is 0 Å². The fourth-order valence-corrected chi connectivity index (χ4v) is 8.16. The van der Waals surface area contributed by atoms with Gasteiger partial charge < -0.3 is 60.3 Å². The number of likely N-dealkylation sites (N-methyl/N-ethyl adjacent to an activating group) is 1. The molecule has 0 aliphatic carbocycles. The average molecular weight is 940 g/mol. The normalized spacial score (nSPS) is 26.3. The van der Waals surface area contributed by atoms with Crippen molar-refractivity contribution in [1.82, 2.24) is 20.9 Å². The molecule has 21 heteroatoms. The predicted molar refractivity (Wildman–Crippen MR) is 241 cm³/mol. The van der Waals surface area contributed by atoms with Crippen LogP contribution >= 0.6 is 11.6 Å². The maximum Gasteiger partial charge on any atom is 0.409 e. The van der Waals surface area contributed by atoms with Gasteiger partial charge in [0.25, 0.3) is 5.91 Å². The number of nitrogens with one attached hydrogen (secondary N) is 4. The number of rotatable bonds is 14. The summed E-state index contributed by atoms with van der Waals surface area (Å²) in [6, 6.07) is 6.56. The summed E-state index contributed by atoms with van der Waals surface area (Å²) in [4.78, 5) is 92.3. The van der Waals surface area contributed by atoms with Crippen LogP contribution in [-0.2, 0) is 44.5 Å². The Morgan fingerprint density at radius 3 is 2.53 bits per heavy atom. The minimum absolute atomic E-state index is 0.0572. The van der Waals surface area contributed by atoms with Crippen molar-refractivity contribution < 1.29 is 62.4 Å². The minimum Gasteiger partial charge on any atom is -0.495 e. The monoisotopic (exact) mass is 939 g/mol. The molecule has 0 spiro atoms. The van der Waals surface area contributed by atoms with E-state index in [9.17, 15) is 38.7 Å². The Morgan fingerprint density at radius 2 is 1.88 bits per heavy atom. The molecule has 358 valence electrons. The lowest BCUT2D eigenvalue weighted by molar-refractivity contribution is -0.158.